The van der Waals surface area contributed by atoms with Crippen molar-refractivity contribution in [1.29, 1.82) is 0 Å². The van der Waals surface area contributed by atoms with Crippen molar-refractivity contribution in [3.8, 4) is 0 Å². The zero-order valence-corrected chi connectivity index (χ0v) is 13.8. The number of hydrogen-bond acceptors (Lipinski definition) is 3. The molecule has 1 aromatic heterocycles. The normalized spacial score (nSPS) is 18.0. The van der Waals surface area contributed by atoms with Crippen LogP contribution in [0.2, 0.25) is 0 Å². The molecule has 1 aliphatic rings. The smallest absolute Gasteiger partial charge is 0.254 e. The fourth-order valence-electron chi connectivity index (χ4n) is 3.20. The van der Waals surface area contributed by atoms with Gasteiger partial charge >= 0.3 is 0 Å². The van der Waals surface area contributed by atoms with E-state index in [1.165, 1.54) is 0 Å². The van der Waals surface area contributed by atoms with E-state index in [1.54, 1.807) is 9.58 Å². The summed E-state index contributed by atoms with van der Waals surface area (Å²) in [7, 11) is 1.84. The fraction of sp³-hybridized carbons (Fsp3) is 0.412. The van der Waals surface area contributed by atoms with Gasteiger partial charge in [-0.15, -0.1) is 0 Å². The number of carbonyl (C=O) groups is 1. The lowest BCUT2D eigenvalue weighted by Gasteiger charge is -2.36. The molecule has 1 aromatic carbocycles. The van der Waals surface area contributed by atoms with E-state index in [0.717, 1.165) is 35.2 Å². The molecule has 7 heteroatoms. The number of halogens is 2. The number of carbonyl (C=O) groups excluding carboxylic acids is 1. The first-order valence-corrected chi connectivity index (χ1v) is 7.73. The Bertz CT molecular complexity index is 768. The quantitative estimate of drug-likeness (QED) is 0.847. The Morgan fingerprint density at radius 1 is 1.25 bits per heavy atom. The van der Waals surface area contributed by atoms with E-state index >= 15 is 0 Å². The molecule has 1 fully saturated rings. The Hall–Kier alpha value is -2.28. The van der Waals surface area contributed by atoms with Crippen molar-refractivity contribution in [2.24, 2.45) is 7.05 Å². The molecule has 1 atom stereocenters. The first-order valence-electron chi connectivity index (χ1n) is 7.73. The predicted octanol–water partition coefficient (Wildman–Crippen LogP) is 2.53. The zero-order valence-electron chi connectivity index (χ0n) is 13.8. The number of ether oxygens (including phenoxy) is 1. The Morgan fingerprint density at radius 3 is 2.50 bits per heavy atom. The van der Waals surface area contributed by atoms with Gasteiger partial charge in [0, 0.05) is 36.5 Å². The van der Waals surface area contributed by atoms with Gasteiger partial charge in [0.1, 0.15) is 11.6 Å². The highest BCUT2D eigenvalue weighted by Gasteiger charge is 2.33. The molecule has 128 valence electrons. The van der Waals surface area contributed by atoms with Crippen molar-refractivity contribution >= 4 is 5.91 Å². The summed E-state index contributed by atoms with van der Waals surface area (Å²) < 4.78 is 34.2. The number of hydrogen-bond donors (Lipinski definition) is 0. The first kappa shape index (κ1) is 16.6. The molecule has 0 bridgehead atoms. The average molecular weight is 335 g/mol. The van der Waals surface area contributed by atoms with Crippen LogP contribution in [0.25, 0.3) is 0 Å². The second-order valence-corrected chi connectivity index (χ2v) is 5.96. The molecule has 2 aromatic rings. The van der Waals surface area contributed by atoms with Crippen LogP contribution in [0.5, 0.6) is 0 Å². The summed E-state index contributed by atoms with van der Waals surface area (Å²) >= 11 is 0. The van der Waals surface area contributed by atoms with Crippen LogP contribution < -0.4 is 0 Å². The highest BCUT2D eigenvalue weighted by Crippen LogP contribution is 2.30. The largest absolute Gasteiger partial charge is 0.377 e. The van der Waals surface area contributed by atoms with Crippen LogP contribution in [0.3, 0.4) is 0 Å². The van der Waals surface area contributed by atoms with E-state index in [0.29, 0.717) is 19.8 Å². The number of amides is 1. The standard InChI is InChI=1S/C17H19F2N3O2/c1-10-16(11(2)21(3)20-10)15-9-24-5-4-22(15)17(23)12-6-13(18)8-14(19)7-12/h6-8,15H,4-5,9H2,1-3H3/t15-/m1/s1. The minimum absolute atomic E-state index is 0.00130. The number of nitrogens with zero attached hydrogens (tertiary/aromatic N) is 3. The molecule has 0 saturated carbocycles. The van der Waals surface area contributed by atoms with Crippen LogP contribution in [0.1, 0.15) is 33.4 Å². The first-order chi connectivity index (χ1) is 11.4. The van der Waals surface area contributed by atoms with E-state index < -0.39 is 17.5 Å². The van der Waals surface area contributed by atoms with Crippen LogP contribution in [-0.2, 0) is 11.8 Å². The summed E-state index contributed by atoms with van der Waals surface area (Å²) in [5, 5.41) is 4.38. The summed E-state index contributed by atoms with van der Waals surface area (Å²) in [6.07, 6.45) is 0. The lowest BCUT2D eigenvalue weighted by Crippen LogP contribution is -2.43. The second kappa shape index (κ2) is 6.32. The van der Waals surface area contributed by atoms with Crippen molar-refractivity contribution in [2.75, 3.05) is 19.8 Å². The second-order valence-electron chi connectivity index (χ2n) is 5.96. The lowest BCUT2D eigenvalue weighted by molar-refractivity contribution is -0.00309. The Kier molecular flexibility index (Phi) is 4.36. The van der Waals surface area contributed by atoms with Crippen molar-refractivity contribution in [3.63, 3.8) is 0 Å². The van der Waals surface area contributed by atoms with Gasteiger partial charge < -0.3 is 9.64 Å². The van der Waals surface area contributed by atoms with Gasteiger partial charge in [-0.25, -0.2) is 8.78 Å². The van der Waals surface area contributed by atoms with Crippen LogP contribution in [0, 0.1) is 25.5 Å². The number of aryl methyl sites for hydroxylation is 2. The van der Waals surface area contributed by atoms with Crippen molar-refractivity contribution in [1.82, 2.24) is 14.7 Å². The molecule has 0 aliphatic carbocycles. The van der Waals surface area contributed by atoms with Crippen LogP contribution in [0.4, 0.5) is 8.78 Å². The predicted molar refractivity (Wildman–Crippen MR) is 83.6 cm³/mol. The van der Waals surface area contributed by atoms with E-state index in [9.17, 15) is 13.6 Å². The summed E-state index contributed by atoms with van der Waals surface area (Å²) in [5.41, 5.74) is 2.67. The van der Waals surface area contributed by atoms with E-state index in [2.05, 4.69) is 5.10 Å². The molecular weight excluding hydrogens is 316 g/mol. The summed E-state index contributed by atoms with van der Waals surface area (Å²) in [5.74, 6) is -1.95. The molecule has 1 saturated heterocycles. The third-order valence-electron chi connectivity index (χ3n) is 4.40. The monoisotopic (exact) mass is 335 g/mol. The highest BCUT2D eigenvalue weighted by molar-refractivity contribution is 5.94. The highest BCUT2D eigenvalue weighted by atomic mass is 19.1. The molecule has 0 radical (unpaired) electrons. The fourth-order valence-corrected chi connectivity index (χ4v) is 3.20. The van der Waals surface area contributed by atoms with Gasteiger partial charge in [0.15, 0.2) is 0 Å². The van der Waals surface area contributed by atoms with E-state index in [4.69, 9.17) is 4.74 Å². The number of rotatable bonds is 2. The Labute approximate surface area is 138 Å². The van der Waals surface area contributed by atoms with Gasteiger partial charge in [-0.05, 0) is 26.0 Å². The summed E-state index contributed by atoms with van der Waals surface area (Å²) in [4.78, 5) is 14.4. The zero-order chi connectivity index (χ0) is 17.4. The molecular formula is C17H19F2N3O2. The molecule has 3 rings (SSSR count). The van der Waals surface area contributed by atoms with Gasteiger partial charge in [0.05, 0.1) is 24.9 Å². The average Bonchev–Trinajstić information content (AvgIpc) is 2.78. The SMILES string of the molecule is Cc1nn(C)c(C)c1[C@H]1COCCN1C(=O)c1cc(F)cc(F)c1. The molecule has 0 N–H and O–H groups in total. The number of morpholine rings is 1. The summed E-state index contributed by atoms with van der Waals surface area (Å²) in [6, 6.07) is 2.54. The molecule has 24 heavy (non-hydrogen) atoms. The third kappa shape index (κ3) is 2.91. The van der Waals surface area contributed by atoms with Crippen molar-refractivity contribution in [2.45, 2.75) is 19.9 Å². The Balaban J connectivity index is 1.99. The minimum Gasteiger partial charge on any atom is -0.377 e. The van der Waals surface area contributed by atoms with Gasteiger partial charge in [-0.3, -0.25) is 9.48 Å². The minimum atomic E-state index is -0.767. The topological polar surface area (TPSA) is 47.4 Å². The molecule has 0 spiro atoms. The maximum Gasteiger partial charge on any atom is 0.254 e. The van der Waals surface area contributed by atoms with Crippen LogP contribution in [-0.4, -0.2) is 40.3 Å². The molecule has 2 heterocycles. The third-order valence-corrected chi connectivity index (χ3v) is 4.40. The maximum absolute atomic E-state index is 13.5. The van der Waals surface area contributed by atoms with Crippen LogP contribution in [0.15, 0.2) is 18.2 Å². The molecule has 1 amide bonds. The van der Waals surface area contributed by atoms with E-state index in [1.807, 2.05) is 20.9 Å². The molecule has 5 nitrogen and oxygen atoms in total. The maximum atomic E-state index is 13.5. The van der Waals surface area contributed by atoms with Crippen molar-refractivity contribution < 1.29 is 18.3 Å². The van der Waals surface area contributed by atoms with Crippen molar-refractivity contribution in [3.05, 3.63) is 52.3 Å². The number of aromatic nitrogens is 2. The molecule has 0 unspecified atom stereocenters. The molecule has 1 aliphatic heterocycles. The van der Waals surface area contributed by atoms with Crippen LogP contribution >= 0.6 is 0 Å². The summed E-state index contributed by atoms with van der Waals surface area (Å²) in [6.45, 7) is 4.88. The van der Waals surface area contributed by atoms with E-state index in [-0.39, 0.29) is 11.6 Å². The lowest BCUT2D eigenvalue weighted by atomic mass is 10.0. The van der Waals surface area contributed by atoms with Gasteiger partial charge in [-0.2, -0.15) is 5.10 Å². The Morgan fingerprint density at radius 2 is 1.92 bits per heavy atom. The number of benzene rings is 1. The van der Waals surface area contributed by atoms with Gasteiger partial charge in [0.25, 0.3) is 5.91 Å². The van der Waals surface area contributed by atoms with Gasteiger partial charge in [0.2, 0.25) is 0 Å². The van der Waals surface area contributed by atoms with Gasteiger partial charge in [-0.1, -0.05) is 0 Å².